The van der Waals surface area contributed by atoms with Gasteiger partial charge in [0.15, 0.2) is 0 Å². The first kappa shape index (κ1) is 10.6. The molecule has 0 aliphatic heterocycles. The second-order valence-corrected chi connectivity index (χ2v) is 3.26. The molecule has 0 amide bonds. The summed E-state index contributed by atoms with van der Waals surface area (Å²) in [6, 6.07) is 0. The highest BCUT2D eigenvalue weighted by Crippen LogP contribution is 2.06. The minimum absolute atomic E-state index is 0.260. The first-order valence-electron chi connectivity index (χ1n) is 4.39. The van der Waals surface area contributed by atoms with Gasteiger partial charge in [-0.25, -0.2) is 4.98 Å². The third-order valence-corrected chi connectivity index (χ3v) is 1.98. The van der Waals surface area contributed by atoms with Gasteiger partial charge in [0.05, 0.1) is 6.54 Å². The zero-order valence-corrected chi connectivity index (χ0v) is 8.27. The Labute approximate surface area is 82.0 Å². The van der Waals surface area contributed by atoms with Crippen molar-refractivity contribution >= 4 is 5.97 Å². The highest BCUT2D eigenvalue weighted by atomic mass is 16.4. The minimum Gasteiger partial charge on any atom is -0.480 e. The predicted molar refractivity (Wildman–Crippen MR) is 49.7 cm³/mol. The molecule has 1 rings (SSSR count). The van der Waals surface area contributed by atoms with Crippen LogP contribution in [0.2, 0.25) is 0 Å². The van der Waals surface area contributed by atoms with E-state index in [-0.39, 0.29) is 6.54 Å². The summed E-state index contributed by atoms with van der Waals surface area (Å²) in [5.74, 6) is -0.894. The normalized spacial score (nSPS) is 15.0. The van der Waals surface area contributed by atoms with Gasteiger partial charge in [0.2, 0.25) is 0 Å². The number of carbonyl (C=O) groups is 1. The molecule has 2 N–H and O–H groups in total. The van der Waals surface area contributed by atoms with Crippen LogP contribution in [0, 0.1) is 0 Å². The van der Waals surface area contributed by atoms with Gasteiger partial charge >= 0.3 is 5.97 Å². The van der Waals surface area contributed by atoms with Gasteiger partial charge in [0, 0.05) is 0 Å². The number of hydrogen-bond donors (Lipinski definition) is 2. The summed E-state index contributed by atoms with van der Waals surface area (Å²) in [5, 5.41) is 15.8. The number of nitrogens with one attached hydrogen (secondary N) is 1. The molecular formula is C8H14N4O2. The first-order chi connectivity index (χ1) is 6.58. The standard InChI is InChI=1S/C8H14N4O2/c1-3-10-8(2,7(13)14)4-12-6-9-5-11-12/h5-6,10H,3-4H2,1-2H3,(H,13,14). The smallest absolute Gasteiger partial charge is 0.325 e. The Bertz CT molecular complexity index is 298. The van der Waals surface area contributed by atoms with E-state index in [1.807, 2.05) is 6.92 Å². The molecule has 1 aromatic rings. The van der Waals surface area contributed by atoms with Crippen molar-refractivity contribution in [2.75, 3.05) is 6.54 Å². The van der Waals surface area contributed by atoms with E-state index in [9.17, 15) is 4.79 Å². The molecule has 1 atom stereocenters. The second kappa shape index (κ2) is 4.19. The van der Waals surface area contributed by atoms with Gasteiger partial charge < -0.3 is 10.4 Å². The minimum atomic E-state index is -0.998. The van der Waals surface area contributed by atoms with Crippen LogP contribution in [0.5, 0.6) is 0 Å². The first-order valence-corrected chi connectivity index (χ1v) is 4.39. The van der Waals surface area contributed by atoms with Gasteiger partial charge in [-0.1, -0.05) is 6.92 Å². The van der Waals surface area contributed by atoms with Crippen LogP contribution in [-0.2, 0) is 11.3 Å². The average Bonchev–Trinajstić information content (AvgIpc) is 2.56. The van der Waals surface area contributed by atoms with Gasteiger partial charge in [-0.2, -0.15) is 5.10 Å². The molecule has 0 fully saturated rings. The van der Waals surface area contributed by atoms with Gasteiger partial charge in [0.1, 0.15) is 18.2 Å². The number of rotatable bonds is 5. The number of hydrogen-bond acceptors (Lipinski definition) is 4. The lowest BCUT2D eigenvalue weighted by atomic mass is 10.0. The molecule has 14 heavy (non-hydrogen) atoms. The molecule has 0 bridgehead atoms. The Morgan fingerprint density at radius 2 is 2.43 bits per heavy atom. The molecule has 0 aliphatic rings. The number of nitrogens with zero attached hydrogens (tertiary/aromatic N) is 3. The monoisotopic (exact) mass is 198 g/mol. The van der Waals surface area contributed by atoms with E-state index in [4.69, 9.17) is 5.11 Å². The third-order valence-electron chi connectivity index (χ3n) is 1.98. The molecular weight excluding hydrogens is 184 g/mol. The largest absolute Gasteiger partial charge is 0.480 e. The zero-order valence-electron chi connectivity index (χ0n) is 8.27. The van der Waals surface area contributed by atoms with E-state index < -0.39 is 11.5 Å². The van der Waals surface area contributed by atoms with Crippen LogP contribution in [0.3, 0.4) is 0 Å². The summed E-state index contributed by atoms with van der Waals surface area (Å²) >= 11 is 0. The highest BCUT2D eigenvalue weighted by molar-refractivity contribution is 5.78. The van der Waals surface area contributed by atoms with Crippen molar-refractivity contribution in [3.8, 4) is 0 Å². The van der Waals surface area contributed by atoms with Crippen LogP contribution in [0.1, 0.15) is 13.8 Å². The van der Waals surface area contributed by atoms with Crippen molar-refractivity contribution in [1.82, 2.24) is 20.1 Å². The maximum atomic E-state index is 11.0. The molecule has 6 heteroatoms. The quantitative estimate of drug-likeness (QED) is 0.680. The van der Waals surface area contributed by atoms with E-state index in [1.165, 1.54) is 17.3 Å². The number of likely N-dealkylation sites (N-methyl/N-ethyl adjacent to an activating group) is 1. The molecule has 1 unspecified atom stereocenters. The Balaban J connectivity index is 2.74. The van der Waals surface area contributed by atoms with E-state index >= 15 is 0 Å². The Morgan fingerprint density at radius 1 is 1.71 bits per heavy atom. The van der Waals surface area contributed by atoms with Gasteiger partial charge in [-0.3, -0.25) is 9.48 Å². The van der Waals surface area contributed by atoms with E-state index in [1.54, 1.807) is 6.92 Å². The summed E-state index contributed by atoms with van der Waals surface area (Å²) < 4.78 is 1.50. The van der Waals surface area contributed by atoms with Gasteiger partial charge in [-0.15, -0.1) is 0 Å². The third kappa shape index (κ3) is 2.29. The fourth-order valence-electron chi connectivity index (χ4n) is 1.23. The van der Waals surface area contributed by atoms with E-state index in [2.05, 4.69) is 15.4 Å². The predicted octanol–water partition coefficient (Wildman–Crippen LogP) is -0.269. The Morgan fingerprint density at radius 3 is 2.86 bits per heavy atom. The zero-order chi connectivity index (χ0) is 10.6. The molecule has 1 heterocycles. The maximum absolute atomic E-state index is 11.0. The average molecular weight is 198 g/mol. The lowest BCUT2D eigenvalue weighted by Gasteiger charge is -2.25. The van der Waals surface area contributed by atoms with Crippen LogP contribution in [0.15, 0.2) is 12.7 Å². The second-order valence-electron chi connectivity index (χ2n) is 3.26. The van der Waals surface area contributed by atoms with Crippen LogP contribution >= 0.6 is 0 Å². The van der Waals surface area contributed by atoms with Crippen LogP contribution < -0.4 is 5.32 Å². The van der Waals surface area contributed by atoms with Crippen molar-refractivity contribution < 1.29 is 9.90 Å². The topological polar surface area (TPSA) is 80.0 Å². The molecule has 1 aromatic heterocycles. The Kier molecular flexibility index (Phi) is 3.19. The summed E-state index contributed by atoms with van der Waals surface area (Å²) in [6.45, 7) is 4.34. The number of aromatic nitrogens is 3. The van der Waals surface area contributed by atoms with E-state index in [0.717, 1.165) is 0 Å². The molecule has 0 aromatic carbocycles. The highest BCUT2D eigenvalue weighted by Gasteiger charge is 2.32. The van der Waals surface area contributed by atoms with Crippen LogP contribution in [0.4, 0.5) is 0 Å². The number of aliphatic carboxylic acids is 1. The fraction of sp³-hybridized carbons (Fsp3) is 0.625. The molecule has 0 spiro atoms. The van der Waals surface area contributed by atoms with Gasteiger partial charge in [0.25, 0.3) is 0 Å². The molecule has 78 valence electrons. The van der Waals surface area contributed by atoms with Crippen molar-refractivity contribution in [2.45, 2.75) is 25.9 Å². The number of carboxylic acid groups (broad SMARTS) is 1. The summed E-state index contributed by atoms with van der Waals surface area (Å²) in [6.07, 6.45) is 2.88. The van der Waals surface area contributed by atoms with Crippen molar-refractivity contribution in [3.05, 3.63) is 12.7 Å². The maximum Gasteiger partial charge on any atom is 0.325 e. The lowest BCUT2D eigenvalue weighted by Crippen LogP contribution is -2.52. The van der Waals surface area contributed by atoms with Crippen molar-refractivity contribution in [1.29, 1.82) is 0 Å². The van der Waals surface area contributed by atoms with Crippen molar-refractivity contribution in [3.63, 3.8) is 0 Å². The summed E-state index contributed by atoms with van der Waals surface area (Å²) in [7, 11) is 0. The van der Waals surface area contributed by atoms with E-state index in [0.29, 0.717) is 6.54 Å². The van der Waals surface area contributed by atoms with Gasteiger partial charge in [-0.05, 0) is 13.5 Å². The lowest BCUT2D eigenvalue weighted by molar-refractivity contribution is -0.144. The number of carboxylic acids is 1. The van der Waals surface area contributed by atoms with Crippen molar-refractivity contribution in [2.24, 2.45) is 0 Å². The van der Waals surface area contributed by atoms with Crippen LogP contribution in [-0.4, -0.2) is 37.9 Å². The summed E-state index contributed by atoms with van der Waals surface area (Å²) in [4.78, 5) is 14.8. The summed E-state index contributed by atoms with van der Waals surface area (Å²) in [5.41, 5.74) is -0.998. The molecule has 6 nitrogen and oxygen atoms in total. The Hall–Kier alpha value is -1.43. The molecule has 0 saturated heterocycles. The SMILES string of the molecule is CCNC(C)(Cn1cncn1)C(=O)O. The molecule has 0 saturated carbocycles. The molecule has 0 radical (unpaired) electrons. The van der Waals surface area contributed by atoms with Crippen LogP contribution in [0.25, 0.3) is 0 Å². The fourth-order valence-corrected chi connectivity index (χ4v) is 1.23. The molecule has 0 aliphatic carbocycles.